The lowest BCUT2D eigenvalue weighted by Gasteiger charge is -2.43. The van der Waals surface area contributed by atoms with Crippen molar-refractivity contribution >= 4 is 50.5 Å². The number of amides is 1. The van der Waals surface area contributed by atoms with Gasteiger partial charge in [-0.05, 0) is 33.3 Å². The number of para-hydroxylation sites is 1. The highest BCUT2D eigenvalue weighted by molar-refractivity contribution is 7.80. The number of nitrogens with zero attached hydrogens (tertiary/aromatic N) is 1. The highest BCUT2D eigenvalue weighted by Crippen LogP contribution is 2.52. The fraction of sp³-hybridized carbons (Fsp3) is 0.353. The summed E-state index contributed by atoms with van der Waals surface area (Å²) in [6.45, 7) is 7.67. The molecule has 1 aromatic heterocycles. The summed E-state index contributed by atoms with van der Waals surface area (Å²) < 4.78 is 5.77. The number of esters is 1. The van der Waals surface area contributed by atoms with Crippen molar-refractivity contribution in [1.82, 2.24) is 0 Å². The van der Waals surface area contributed by atoms with E-state index in [4.69, 9.17) is 17.0 Å². The molecule has 0 saturated heterocycles. The van der Waals surface area contributed by atoms with Gasteiger partial charge in [0.05, 0.1) is 22.7 Å². The first-order chi connectivity index (χ1) is 11.3. The largest absolute Gasteiger partial charge is 0.459 e. The first-order valence-electron chi connectivity index (χ1n) is 7.55. The Labute approximate surface area is 153 Å². The van der Waals surface area contributed by atoms with Gasteiger partial charge >= 0.3 is 11.9 Å². The topological polar surface area (TPSA) is 46.6 Å². The average Bonchev–Trinajstić information content (AvgIpc) is 2.91. The van der Waals surface area contributed by atoms with Crippen molar-refractivity contribution in [3.63, 3.8) is 0 Å². The number of carbonyl (C=O) groups is 2. The minimum atomic E-state index is -0.831. The van der Waals surface area contributed by atoms with Crippen LogP contribution in [0, 0.1) is 10.7 Å². The Kier molecular flexibility index (Phi) is 4.36. The number of anilines is 1. The van der Waals surface area contributed by atoms with Crippen LogP contribution in [-0.2, 0) is 19.9 Å². The van der Waals surface area contributed by atoms with E-state index in [1.165, 1.54) is 10.3 Å². The van der Waals surface area contributed by atoms with Gasteiger partial charge in [-0.3, -0.25) is 9.69 Å². The SMILES string of the molecule is CCOC(=O)C(=O)N1c2c(C)cccc2-c2c(ssc2=S)C1(C)C. The molecule has 1 aliphatic heterocycles. The van der Waals surface area contributed by atoms with E-state index in [2.05, 4.69) is 0 Å². The summed E-state index contributed by atoms with van der Waals surface area (Å²) in [5.74, 6) is -1.48. The van der Waals surface area contributed by atoms with E-state index in [-0.39, 0.29) is 6.61 Å². The summed E-state index contributed by atoms with van der Waals surface area (Å²) in [5.41, 5.74) is 2.91. The van der Waals surface area contributed by atoms with Crippen molar-refractivity contribution in [2.24, 2.45) is 0 Å². The standard InChI is InChI=1S/C17H17NO3S3/c1-5-21-15(20)14(19)18-12-9(2)7-6-8-10(12)11-13(17(18,3)4)23-24-16(11)22/h6-8H,5H2,1-4H3. The van der Waals surface area contributed by atoms with Crippen LogP contribution in [-0.4, -0.2) is 18.5 Å². The van der Waals surface area contributed by atoms with Crippen LogP contribution in [0.2, 0.25) is 0 Å². The van der Waals surface area contributed by atoms with Crippen LogP contribution < -0.4 is 4.90 Å². The Morgan fingerprint density at radius 2 is 2.00 bits per heavy atom. The number of hydrogen-bond donors (Lipinski definition) is 0. The third-order valence-electron chi connectivity index (χ3n) is 4.13. The molecule has 0 atom stereocenters. The normalized spacial score (nSPS) is 14.8. The molecule has 0 aliphatic carbocycles. The molecule has 0 N–H and O–H groups in total. The summed E-state index contributed by atoms with van der Waals surface area (Å²) >= 11 is 5.53. The van der Waals surface area contributed by atoms with E-state index in [0.717, 1.165) is 31.1 Å². The van der Waals surface area contributed by atoms with Gasteiger partial charge < -0.3 is 4.74 Å². The molecule has 0 saturated carbocycles. The van der Waals surface area contributed by atoms with Crippen LogP contribution in [0.25, 0.3) is 11.1 Å². The van der Waals surface area contributed by atoms with Crippen molar-refractivity contribution in [1.29, 1.82) is 0 Å². The van der Waals surface area contributed by atoms with Gasteiger partial charge in [0.1, 0.15) is 3.82 Å². The van der Waals surface area contributed by atoms with E-state index < -0.39 is 17.4 Å². The molecule has 7 heteroatoms. The third-order valence-corrected chi connectivity index (χ3v) is 7.46. The van der Waals surface area contributed by atoms with Crippen LogP contribution in [0.3, 0.4) is 0 Å². The summed E-state index contributed by atoms with van der Waals surface area (Å²) in [6.07, 6.45) is 0. The molecule has 1 amide bonds. The van der Waals surface area contributed by atoms with Gasteiger partial charge in [0.2, 0.25) is 0 Å². The lowest BCUT2D eigenvalue weighted by molar-refractivity contribution is -0.153. The lowest BCUT2D eigenvalue weighted by atomic mass is 9.86. The molecule has 1 aliphatic rings. The Morgan fingerprint density at radius 3 is 2.67 bits per heavy atom. The van der Waals surface area contributed by atoms with Gasteiger partial charge in [-0.2, -0.15) is 0 Å². The molecule has 0 unspecified atom stereocenters. The minimum Gasteiger partial charge on any atom is -0.459 e. The predicted octanol–water partition coefficient (Wildman–Crippen LogP) is 4.66. The molecule has 1 aromatic carbocycles. The third kappa shape index (κ3) is 2.42. The van der Waals surface area contributed by atoms with E-state index in [0.29, 0.717) is 0 Å². The molecule has 126 valence electrons. The van der Waals surface area contributed by atoms with E-state index in [9.17, 15) is 9.59 Å². The smallest absolute Gasteiger partial charge is 0.397 e. The Morgan fingerprint density at radius 1 is 1.29 bits per heavy atom. The highest BCUT2D eigenvalue weighted by Gasteiger charge is 2.45. The van der Waals surface area contributed by atoms with Crippen LogP contribution in [0.4, 0.5) is 5.69 Å². The molecule has 0 radical (unpaired) electrons. The molecule has 24 heavy (non-hydrogen) atoms. The summed E-state index contributed by atoms with van der Waals surface area (Å²) in [5, 5.41) is 0. The Bertz CT molecular complexity index is 895. The number of aryl methyl sites for hydroxylation is 1. The van der Waals surface area contributed by atoms with Gasteiger partial charge in [-0.15, -0.1) is 0 Å². The van der Waals surface area contributed by atoms with Gasteiger partial charge in [0.15, 0.2) is 0 Å². The van der Waals surface area contributed by atoms with Crippen molar-refractivity contribution in [3.05, 3.63) is 32.5 Å². The number of fused-ring (bicyclic) bond motifs is 3. The van der Waals surface area contributed by atoms with Crippen molar-refractivity contribution in [2.45, 2.75) is 33.2 Å². The number of rotatable bonds is 1. The summed E-state index contributed by atoms with van der Waals surface area (Å²) in [6, 6.07) is 5.83. The minimum absolute atomic E-state index is 0.169. The highest BCUT2D eigenvalue weighted by atomic mass is 32.9. The summed E-state index contributed by atoms with van der Waals surface area (Å²) in [4.78, 5) is 27.6. The molecule has 0 bridgehead atoms. The quantitative estimate of drug-likeness (QED) is 0.313. The fourth-order valence-electron chi connectivity index (χ4n) is 3.07. The second-order valence-electron chi connectivity index (χ2n) is 6.05. The van der Waals surface area contributed by atoms with Crippen LogP contribution in [0.5, 0.6) is 0 Å². The maximum Gasteiger partial charge on any atom is 0.397 e. The van der Waals surface area contributed by atoms with Crippen LogP contribution in [0.15, 0.2) is 18.2 Å². The summed E-state index contributed by atoms with van der Waals surface area (Å²) in [7, 11) is 3.09. The predicted molar refractivity (Wildman–Crippen MR) is 100 cm³/mol. The first-order valence-corrected chi connectivity index (χ1v) is 10.1. The molecule has 0 fully saturated rings. The van der Waals surface area contributed by atoms with Crippen molar-refractivity contribution in [3.8, 4) is 11.1 Å². The average molecular weight is 380 g/mol. The molecule has 3 rings (SSSR count). The number of carbonyl (C=O) groups excluding carboxylic acids is 2. The molecule has 2 heterocycles. The van der Waals surface area contributed by atoms with Crippen LogP contribution in [0.1, 0.15) is 31.2 Å². The Hall–Kier alpha value is -1.57. The Balaban J connectivity index is 2.30. The van der Waals surface area contributed by atoms with Gasteiger partial charge in [0, 0.05) is 11.1 Å². The van der Waals surface area contributed by atoms with Crippen molar-refractivity contribution in [2.75, 3.05) is 11.5 Å². The van der Waals surface area contributed by atoms with Crippen LogP contribution >= 0.6 is 32.9 Å². The van der Waals surface area contributed by atoms with E-state index >= 15 is 0 Å². The number of benzene rings is 1. The van der Waals surface area contributed by atoms with Gasteiger partial charge in [-0.1, -0.05) is 51.1 Å². The maximum atomic E-state index is 12.9. The lowest BCUT2D eigenvalue weighted by Crippen LogP contribution is -2.51. The fourth-order valence-corrected chi connectivity index (χ4v) is 6.35. The number of ether oxygens (including phenoxy) is 1. The zero-order valence-corrected chi connectivity index (χ0v) is 16.3. The maximum absolute atomic E-state index is 12.9. The molecule has 4 nitrogen and oxygen atoms in total. The van der Waals surface area contributed by atoms with E-state index in [1.54, 1.807) is 22.2 Å². The monoisotopic (exact) mass is 379 g/mol. The van der Waals surface area contributed by atoms with Gasteiger partial charge in [0.25, 0.3) is 0 Å². The molecular weight excluding hydrogens is 362 g/mol. The first kappa shape index (κ1) is 17.3. The van der Waals surface area contributed by atoms with Crippen molar-refractivity contribution < 1.29 is 14.3 Å². The molecule has 0 spiro atoms. The molecular formula is C17H17NO3S3. The second kappa shape index (κ2) is 6.06. The zero-order valence-electron chi connectivity index (χ0n) is 13.8. The molecule has 2 aromatic rings. The zero-order chi connectivity index (χ0) is 17.6. The van der Waals surface area contributed by atoms with E-state index in [1.807, 2.05) is 39.0 Å². The number of hydrogen-bond acceptors (Lipinski definition) is 6. The van der Waals surface area contributed by atoms with Gasteiger partial charge in [-0.25, -0.2) is 4.79 Å². The second-order valence-corrected chi connectivity index (χ2v) is 8.87.